The SMILES string of the molecule is NC(=O)c1cccc(CNC(=O)C2CCCCCN2)c1. The zero-order chi connectivity index (χ0) is 14.4. The highest BCUT2D eigenvalue weighted by molar-refractivity contribution is 5.92. The Kier molecular flexibility index (Phi) is 5.12. The van der Waals surface area contributed by atoms with Crippen molar-refractivity contribution in [1.82, 2.24) is 10.6 Å². The van der Waals surface area contributed by atoms with Crippen LogP contribution < -0.4 is 16.4 Å². The summed E-state index contributed by atoms with van der Waals surface area (Å²) in [6.07, 6.45) is 4.28. The van der Waals surface area contributed by atoms with E-state index in [9.17, 15) is 9.59 Å². The number of amides is 2. The van der Waals surface area contributed by atoms with E-state index in [1.807, 2.05) is 6.07 Å². The van der Waals surface area contributed by atoms with Crippen LogP contribution in [0.25, 0.3) is 0 Å². The molecule has 108 valence electrons. The number of benzene rings is 1. The van der Waals surface area contributed by atoms with Crippen LogP contribution in [0.4, 0.5) is 0 Å². The van der Waals surface area contributed by atoms with E-state index in [1.54, 1.807) is 18.2 Å². The average Bonchev–Trinajstić information content (AvgIpc) is 2.74. The summed E-state index contributed by atoms with van der Waals surface area (Å²) in [5.74, 6) is -0.431. The molecule has 1 aliphatic heterocycles. The van der Waals surface area contributed by atoms with Crippen LogP contribution in [0.1, 0.15) is 41.6 Å². The van der Waals surface area contributed by atoms with Crippen molar-refractivity contribution >= 4 is 11.8 Å². The third-order valence-corrected chi connectivity index (χ3v) is 3.56. The van der Waals surface area contributed by atoms with Gasteiger partial charge in [0.1, 0.15) is 0 Å². The molecule has 1 aromatic carbocycles. The minimum absolute atomic E-state index is 0.0244. The van der Waals surface area contributed by atoms with Crippen molar-refractivity contribution in [2.24, 2.45) is 5.73 Å². The molecule has 5 heteroatoms. The average molecular weight is 275 g/mol. The Bertz CT molecular complexity index is 480. The standard InChI is InChI=1S/C15H21N3O2/c16-14(19)12-6-4-5-11(9-12)10-18-15(20)13-7-2-1-3-8-17-13/h4-6,9,13,17H,1-3,7-8,10H2,(H2,16,19)(H,18,20). The molecule has 1 saturated heterocycles. The maximum absolute atomic E-state index is 12.1. The van der Waals surface area contributed by atoms with Gasteiger partial charge in [0.2, 0.25) is 11.8 Å². The number of carbonyl (C=O) groups is 2. The molecule has 0 aromatic heterocycles. The molecule has 1 heterocycles. The molecule has 20 heavy (non-hydrogen) atoms. The number of nitrogens with one attached hydrogen (secondary N) is 2. The Hall–Kier alpha value is -1.88. The van der Waals surface area contributed by atoms with Crippen molar-refractivity contribution in [2.45, 2.75) is 38.3 Å². The van der Waals surface area contributed by atoms with Crippen molar-refractivity contribution in [3.05, 3.63) is 35.4 Å². The summed E-state index contributed by atoms with van der Waals surface area (Å²) >= 11 is 0. The zero-order valence-electron chi connectivity index (χ0n) is 11.5. The van der Waals surface area contributed by atoms with Gasteiger partial charge in [-0.3, -0.25) is 9.59 Å². The molecule has 1 aromatic rings. The lowest BCUT2D eigenvalue weighted by molar-refractivity contribution is -0.123. The number of nitrogens with two attached hydrogens (primary N) is 1. The summed E-state index contributed by atoms with van der Waals surface area (Å²) in [5, 5.41) is 6.17. The maximum atomic E-state index is 12.1. The number of hydrogen-bond donors (Lipinski definition) is 3. The quantitative estimate of drug-likeness (QED) is 0.764. The molecule has 1 fully saturated rings. The summed E-state index contributed by atoms with van der Waals surface area (Å²) in [5.41, 5.74) is 6.58. The molecular weight excluding hydrogens is 254 g/mol. The van der Waals surface area contributed by atoms with Gasteiger partial charge in [0.15, 0.2) is 0 Å². The van der Waals surface area contributed by atoms with Crippen LogP contribution in [-0.2, 0) is 11.3 Å². The highest BCUT2D eigenvalue weighted by Gasteiger charge is 2.18. The third-order valence-electron chi connectivity index (χ3n) is 3.56. The highest BCUT2D eigenvalue weighted by Crippen LogP contribution is 2.09. The fourth-order valence-electron chi connectivity index (χ4n) is 2.40. The molecule has 1 atom stereocenters. The lowest BCUT2D eigenvalue weighted by Crippen LogP contribution is -2.43. The van der Waals surface area contributed by atoms with E-state index in [2.05, 4.69) is 10.6 Å². The Labute approximate surface area is 118 Å². The van der Waals surface area contributed by atoms with Gasteiger partial charge in [0.25, 0.3) is 0 Å². The van der Waals surface area contributed by atoms with Crippen LogP contribution in [0.2, 0.25) is 0 Å². The van der Waals surface area contributed by atoms with E-state index < -0.39 is 5.91 Å². The second kappa shape index (κ2) is 7.05. The van der Waals surface area contributed by atoms with Crippen molar-refractivity contribution < 1.29 is 9.59 Å². The normalized spacial score (nSPS) is 19.1. The predicted molar refractivity (Wildman–Crippen MR) is 77.1 cm³/mol. The monoisotopic (exact) mass is 275 g/mol. The predicted octanol–water partition coefficient (Wildman–Crippen LogP) is 0.934. The Morgan fingerprint density at radius 1 is 1.30 bits per heavy atom. The largest absolute Gasteiger partial charge is 0.366 e. The molecule has 2 amide bonds. The summed E-state index contributed by atoms with van der Waals surface area (Å²) in [7, 11) is 0. The summed E-state index contributed by atoms with van der Waals surface area (Å²) in [6.45, 7) is 1.31. The van der Waals surface area contributed by atoms with Gasteiger partial charge in [0.05, 0.1) is 6.04 Å². The van der Waals surface area contributed by atoms with Crippen LogP contribution >= 0.6 is 0 Å². The molecular formula is C15H21N3O2. The second-order valence-electron chi connectivity index (χ2n) is 5.14. The number of rotatable bonds is 4. The fraction of sp³-hybridized carbons (Fsp3) is 0.467. The van der Waals surface area contributed by atoms with Gasteiger partial charge >= 0.3 is 0 Å². The molecule has 0 spiro atoms. The number of carbonyl (C=O) groups excluding carboxylic acids is 2. The third kappa shape index (κ3) is 4.06. The molecule has 0 aliphatic carbocycles. The summed E-state index contributed by atoms with van der Waals surface area (Å²) < 4.78 is 0. The summed E-state index contributed by atoms with van der Waals surface area (Å²) in [4.78, 5) is 23.2. The van der Waals surface area contributed by atoms with Crippen LogP contribution in [0.5, 0.6) is 0 Å². The first-order chi connectivity index (χ1) is 9.66. The molecule has 5 nitrogen and oxygen atoms in total. The number of hydrogen-bond acceptors (Lipinski definition) is 3. The van der Waals surface area contributed by atoms with E-state index in [0.717, 1.165) is 31.4 Å². The first-order valence-corrected chi connectivity index (χ1v) is 7.06. The molecule has 0 bridgehead atoms. The van der Waals surface area contributed by atoms with Crippen LogP contribution in [0.3, 0.4) is 0 Å². The highest BCUT2D eigenvalue weighted by atomic mass is 16.2. The maximum Gasteiger partial charge on any atom is 0.248 e. The molecule has 0 saturated carbocycles. The zero-order valence-corrected chi connectivity index (χ0v) is 11.5. The minimum atomic E-state index is -0.455. The van der Waals surface area contributed by atoms with Gasteiger partial charge in [0, 0.05) is 12.1 Å². The Morgan fingerprint density at radius 2 is 2.15 bits per heavy atom. The fourth-order valence-corrected chi connectivity index (χ4v) is 2.40. The summed E-state index contributed by atoms with van der Waals surface area (Å²) in [6, 6.07) is 6.92. The number of primary amides is 1. The van der Waals surface area contributed by atoms with Gasteiger partial charge in [-0.05, 0) is 37.1 Å². The van der Waals surface area contributed by atoms with E-state index in [-0.39, 0.29) is 11.9 Å². The van der Waals surface area contributed by atoms with Crippen molar-refractivity contribution in [2.75, 3.05) is 6.54 Å². The Balaban J connectivity index is 1.89. The Morgan fingerprint density at radius 3 is 2.95 bits per heavy atom. The molecule has 1 aliphatic rings. The lowest BCUT2D eigenvalue weighted by Gasteiger charge is -2.15. The van der Waals surface area contributed by atoms with Crippen molar-refractivity contribution in [3.8, 4) is 0 Å². The minimum Gasteiger partial charge on any atom is -0.366 e. The van der Waals surface area contributed by atoms with Crippen LogP contribution in [-0.4, -0.2) is 24.4 Å². The molecule has 2 rings (SSSR count). The van der Waals surface area contributed by atoms with E-state index in [4.69, 9.17) is 5.73 Å². The smallest absolute Gasteiger partial charge is 0.248 e. The lowest BCUT2D eigenvalue weighted by atomic mass is 10.1. The first kappa shape index (κ1) is 14.5. The van der Waals surface area contributed by atoms with Gasteiger partial charge in [-0.2, -0.15) is 0 Å². The van der Waals surface area contributed by atoms with Gasteiger partial charge in [-0.15, -0.1) is 0 Å². The van der Waals surface area contributed by atoms with Gasteiger partial charge in [-0.1, -0.05) is 25.0 Å². The van der Waals surface area contributed by atoms with Crippen molar-refractivity contribution in [3.63, 3.8) is 0 Å². The molecule has 4 N–H and O–H groups in total. The van der Waals surface area contributed by atoms with E-state index in [1.165, 1.54) is 6.42 Å². The van der Waals surface area contributed by atoms with Crippen LogP contribution in [0, 0.1) is 0 Å². The van der Waals surface area contributed by atoms with Gasteiger partial charge in [-0.25, -0.2) is 0 Å². The van der Waals surface area contributed by atoms with Crippen molar-refractivity contribution in [1.29, 1.82) is 0 Å². The molecule has 0 radical (unpaired) electrons. The van der Waals surface area contributed by atoms with E-state index >= 15 is 0 Å². The van der Waals surface area contributed by atoms with Crippen LogP contribution in [0.15, 0.2) is 24.3 Å². The second-order valence-corrected chi connectivity index (χ2v) is 5.14. The van der Waals surface area contributed by atoms with E-state index in [0.29, 0.717) is 12.1 Å². The molecule has 1 unspecified atom stereocenters. The van der Waals surface area contributed by atoms with Gasteiger partial charge < -0.3 is 16.4 Å². The first-order valence-electron chi connectivity index (χ1n) is 7.06. The topological polar surface area (TPSA) is 84.2 Å².